The molecule has 2 aliphatic rings. The summed E-state index contributed by atoms with van der Waals surface area (Å²) in [6, 6.07) is 5.49. The number of benzene rings is 1. The zero-order chi connectivity index (χ0) is 11.2. The monoisotopic (exact) mass is 216 g/mol. The van der Waals surface area contributed by atoms with Crippen LogP contribution in [0.3, 0.4) is 0 Å². The number of fused-ring (bicyclic) bond motifs is 2. The minimum Gasteiger partial charge on any atom is -0.507 e. The minimum absolute atomic E-state index is 0.136. The van der Waals surface area contributed by atoms with Gasteiger partial charge in [0.15, 0.2) is 6.29 Å². The average Bonchev–Trinajstić information content (AvgIpc) is 2.90. The van der Waals surface area contributed by atoms with Gasteiger partial charge in [-0.05, 0) is 55.1 Å². The van der Waals surface area contributed by atoms with Gasteiger partial charge in [0.25, 0.3) is 0 Å². The smallest absolute Gasteiger partial charge is 0.154 e. The summed E-state index contributed by atoms with van der Waals surface area (Å²) in [6.07, 6.45) is 6.95. The van der Waals surface area contributed by atoms with Crippen LogP contribution in [-0.4, -0.2) is 11.4 Å². The van der Waals surface area contributed by atoms with Crippen LogP contribution in [0.15, 0.2) is 18.2 Å². The van der Waals surface area contributed by atoms with Crippen molar-refractivity contribution in [2.75, 3.05) is 0 Å². The SMILES string of the molecule is O=Cc1c(O)cccc1C12CCC(CC1)C2. The van der Waals surface area contributed by atoms with Crippen molar-refractivity contribution in [3.63, 3.8) is 0 Å². The van der Waals surface area contributed by atoms with Gasteiger partial charge < -0.3 is 5.11 Å². The third kappa shape index (κ3) is 1.22. The number of hydrogen-bond donors (Lipinski definition) is 1. The largest absolute Gasteiger partial charge is 0.507 e. The number of phenolic OH excluding ortho intramolecular Hbond substituents is 1. The van der Waals surface area contributed by atoms with Gasteiger partial charge in [-0.3, -0.25) is 4.79 Å². The summed E-state index contributed by atoms with van der Waals surface area (Å²) in [5, 5.41) is 9.74. The van der Waals surface area contributed by atoms with Gasteiger partial charge in [0.1, 0.15) is 5.75 Å². The van der Waals surface area contributed by atoms with Crippen molar-refractivity contribution in [3.8, 4) is 5.75 Å². The van der Waals surface area contributed by atoms with Crippen LogP contribution in [0.4, 0.5) is 0 Å². The van der Waals surface area contributed by atoms with E-state index in [1.807, 2.05) is 12.1 Å². The lowest BCUT2D eigenvalue weighted by Crippen LogP contribution is -2.21. The van der Waals surface area contributed by atoms with E-state index in [-0.39, 0.29) is 11.2 Å². The predicted octanol–water partition coefficient (Wildman–Crippen LogP) is 3.04. The van der Waals surface area contributed by atoms with Crippen LogP contribution in [0.2, 0.25) is 0 Å². The summed E-state index contributed by atoms with van der Waals surface area (Å²) in [7, 11) is 0. The molecule has 2 nitrogen and oxygen atoms in total. The third-order valence-corrected chi connectivity index (χ3v) is 4.51. The number of carbonyl (C=O) groups excluding carboxylic acids is 1. The van der Waals surface area contributed by atoms with E-state index in [1.54, 1.807) is 6.07 Å². The van der Waals surface area contributed by atoms with Gasteiger partial charge in [0.05, 0.1) is 5.56 Å². The molecule has 0 radical (unpaired) electrons. The van der Waals surface area contributed by atoms with Gasteiger partial charge in [-0.2, -0.15) is 0 Å². The summed E-state index contributed by atoms with van der Waals surface area (Å²) in [6.45, 7) is 0. The molecule has 16 heavy (non-hydrogen) atoms. The molecule has 2 saturated carbocycles. The van der Waals surface area contributed by atoms with Crippen LogP contribution in [-0.2, 0) is 5.41 Å². The molecule has 2 aliphatic carbocycles. The van der Waals surface area contributed by atoms with Crippen LogP contribution in [0, 0.1) is 5.92 Å². The second-order valence-electron chi connectivity index (χ2n) is 5.28. The lowest BCUT2D eigenvalue weighted by Gasteiger charge is -2.28. The quantitative estimate of drug-likeness (QED) is 0.771. The molecule has 0 heterocycles. The lowest BCUT2D eigenvalue weighted by molar-refractivity contribution is 0.111. The standard InChI is InChI=1S/C14H16O2/c15-9-11-12(2-1-3-13(11)16)14-6-4-10(8-14)5-7-14/h1-3,9-10,16H,4-8H2. The molecule has 1 aromatic rings. The molecular formula is C14H16O2. The Hall–Kier alpha value is -1.31. The molecule has 0 amide bonds. The molecule has 1 aromatic carbocycles. The van der Waals surface area contributed by atoms with E-state index in [0.29, 0.717) is 5.56 Å². The van der Waals surface area contributed by atoms with Crippen LogP contribution in [0.5, 0.6) is 5.75 Å². The maximum absolute atomic E-state index is 11.1. The molecule has 0 atom stereocenters. The molecular weight excluding hydrogens is 200 g/mol. The molecule has 0 aliphatic heterocycles. The number of phenols is 1. The van der Waals surface area contributed by atoms with Crippen LogP contribution in [0.25, 0.3) is 0 Å². The highest BCUT2D eigenvalue weighted by molar-refractivity contribution is 5.82. The summed E-state index contributed by atoms with van der Waals surface area (Å²) in [5.41, 5.74) is 1.80. The summed E-state index contributed by atoms with van der Waals surface area (Å²) < 4.78 is 0. The third-order valence-electron chi connectivity index (χ3n) is 4.51. The van der Waals surface area contributed by atoms with Crippen LogP contribution < -0.4 is 0 Å². The predicted molar refractivity (Wildman–Crippen MR) is 61.7 cm³/mol. The second-order valence-corrected chi connectivity index (χ2v) is 5.28. The average molecular weight is 216 g/mol. The Bertz CT molecular complexity index is 428. The van der Waals surface area contributed by atoms with Crippen molar-refractivity contribution >= 4 is 6.29 Å². The summed E-state index contributed by atoms with van der Waals surface area (Å²) >= 11 is 0. The number of carbonyl (C=O) groups is 1. The van der Waals surface area contributed by atoms with Gasteiger partial charge in [-0.15, -0.1) is 0 Å². The summed E-state index contributed by atoms with van der Waals surface area (Å²) in [4.78, 5) is 11.1. The normalized spacial score (nSPS) is 31.9. The minimum atomic E-state index is 0.136. The van der Waals surface area contributed by atoms with Crippen molar-refractivity contribution in [1.82, 2.24) is 0 Å². The van der Waals surface area contributed by atoms with Gasteiger partial charge in [0.2, 0.25) is 0 Å². The van der Waals surface area contributed by atoms with Gasteiger partial charge in [-0.25, -0.2) is 0 Å². The molecule has 1 N–H and O–H groups in total. The molecule has 84 valence electrons. The molecule has 2 heteroatoms. The zero-order valence-electron chi connectivity index (χ0n) is 9.28. The van der Waals surface area contributed by atoms with E-state index >= 15 is 0 Å². The van der Waals surface area contributed by atoms with Gasteiger partial charge in [0, 0.05) is 0 Å². The van der Waals surface area contributed by atoms with Crippen molar-refractivity contribution in [2.45, 2.75) is 37.5 Å². The molecule has 3 rings (SSSR count). The van der Waals surface area contributed by atoms with Crippen molar-refractivity contribution < 1.29 is 9.90 Å². The first-order chi connectivity index (χ1) is 7.75. The molecule has 0 unspecified atom stereocenters. The van der Waals surface area contributed by atoms with Gasteiger partial charge >= 0.3 is 0 Å². The first kappa shape index (κ1) is 9.88. The Morgan fingerprint density at radius 1 is 1.31 bits per heavy atom. The first-order valence-corrected chi connectivity index (χ1v) is 6.03. The maximum Gasteiger partial charge on any atom is 0.154 e. The molecule has 0 spiro atoms. The number of aldehydes is 1. The van der Waals surface area contributed by atoms with E-state index in [9.17, 15) is 9.90 Å². The zero-order valence-corrected chi connectivity index (χ0v) is 9.28. The highest BCUT2D eigenvalue weighted by Gasteiger charge is 2.46. The fraction of sp³-hybridized carbons (Fsp3) is 0.500. The molecule has 2 fully saturated rings. The summed E-state index contributed by atoms with van der Waals surface area (Å²) in [5.74, 6) is 0.985. The van der Waals surface area contributed by atoms with E-state index < -0.39 is 0 Å². The Labute approximate surface area is 95.3 Å². The highest BCUT2D eigenvalue weighted by Crippen LogP contribution is 2.56. The Balaban J connectivity index is 2.12. The van der Waals surface area contributed by atoms with Crippen molar-refractivity contribution in [2.24, 2.45) is 5.92 Å². The fourth-order valence-corrected chi connectivity index (χ4v) is 3.71. The van der Waals surface area contributed by atoms with Crippen molar-refractivity contribution in [3.05, 3.63) is 29.3 Å². The topological polar surface area (TPSA) is 37.3 Å². The highest BCUT2D eigenvalue weighted by atomic mass is 16.3. The Kier molecular flexibility index (Phi) is 2.06. The van der Waals surface area contributed by atoms with Crippen LogP contribution >= 0.6 is 0 Å². The van der Waals surface area contributed by atoms with Crippen molar-refractivity contribution in [1.29, 1.82) is 0 Å². The van der Waals surface area contributed by atoms with E-state index in [4.69, 9.17) is 0 Å². The molecule has 2 bridgehead atoms. The number of hydrogen-bond acceptors (Lipinski definition) is 2. The van der Waals surface area contributed by atoms with E-state index in [2.05, 4.69) is 0 Å². The van der Waals surface area contributed by atoms with E-state index in [0.717, 1.165) is 17.8 Å². The van der Waals surface area contributed by atoms with Crippen LogP contribution in [0.1, 0.15) is 48.0 Å². The lowest BCUT2D eigenvalue weighted by atomic mass is 9.75. The first-order valence-electron chi connectivity index (χ1n) is 6.03. The maximum atomic E-state index is 11.1. The molecule has 0 aromatic heterocycles. The van der Waals surface area contributed by atoms with Gasteiger partial charge in [-0.1, -0.05) is 12.1 Å². The Morgan fingerprint density at radius 2 is 2.06 bits per heavy atom. The Morgan fingerprint density at radius 3 is 2.62 bits per heavy atom. The fourth-order valence-electron chi connectivity index (χ4n) is 3.71. The number of aromatic hydroxyl groups is 1. The van der Waals surface area contributed by atoms with E-state index in [1.165, 1.54) is 32.1 Å². The number of rotatable bonds is 2. The second kappa shape index (κ2) is 3.34. The molecule has 0 saturated heterocycles.